The van der Waals surface area contributed by atoms with Gasteiger partial charge in [0.05, 0.1) is 5.02 Å². The molecule has 2 rings (SSSR count). The van der Waals surface area contributed by atoms with Gasteiger partial charge in [0.15, 0.2) is 5.75 Å². The molecule has 0 amide bonds. The topological polar surface area (TPSA) is 56.3 Å². The Morgan fingerprint density at radius 3 is 2.40 bits per heavy atom. The van der Waals surface area contributed by atoms with Crippen molar-refractivity contribution < 1.29 is 25.8 Å². The lowest BCUT2D eigenvalue weighted by Crippen LogP contribution is -2.28. The highest BCUT2D eigenvalue weighted by Gasteiger charge is 2.49. The van der Waals surface area contributed by atoms with Gasteiger partial charge in [-0.1, -0.05) is 23.7 Å². The lowest BCUT2D eigenvalue weighted by Gasteiger charge is -2.12. The summed E-state index contributed by atoms with van der Waals surface area (Å²) in [5.74, 6) is -0.634. The Labute approximate surface area is 117 Å². The Balaban J connectivity index is 2.65. The van der Waals surface area contributed by atoms with Crippen molar-refractivity contribution in [3.63, 3.8) is 0 Å². The fourth-order valence-corrected chi connectivity index (χ4v) is 2.19. The van der Waals surface area contributed by atoms with Crippen molar-refractivity contribution in [3.8, 4) is 5.75 Å². The second kappa shape index (κ2) is 4.78. The monoisotopic (exact) mass is 325 g/mol. The molecule has 108 valence electrons. The van der Waals surface area contributed by atoms with Gasteiger partial charge >= 0.3 is 15.6 Å². The van der Waals surface area contributed by atoms with Gasteiger partial charge in [-0.2, -0.15) is 21.6 Å². The second-order valence-electron chi connectivity index (χ2n) is 3.88. The quantitative estimate of drug-likeness (QED) is 0.627. The van der Waals surface area contributed by atoms with E-state index in [4.69, 9.17) is 11.6 Å². The number of fused-ring (bicyclic) bond motifs is 1. The number of aromatic nitrogens is 1. The summed E-state index contributed by atoms with van der Waals surface area (Å²) in [5, 5.41) is 0.135. The molecule has 0 radical (unpaired) electrons. The van der Waals surface area contributed by atoms with E-state index in [9.17, 15) is 21.6 Å². The molecule has 0 aliphatic carbocycles. The normalized spacial score (nSPS) is 12.7. The van der Waals surface area contributed by atoms with Crippen LogP contribution in [0.25, 0.3) is 10.9 Å². The largest absolute Gasteiger partial charge is 0.534 e. The predicted molar refractivity (Wildman–Crippen MR) is 67.1 cm³/mol. The molecule has 0 unspecified atom stereocenters. The molecular formula is C11H7ClF3NO3S. The highest BCUT2D eigenvalue weighted by Crippen LogP contribution is 2.36. The third kappa shape index (κ3) is 2.66. The smallest absolute Gasteiger partial charge is 0.372 e. The summed E-state index contributed by atoms with van der Waals surface area (Å²) in [6.07, 6.45) is 0. The van der Waals surface area contributed by atoms with Crippen molar-refractivity contribution in [1.29, 1.82) is 0 Å². The minimum Gasteiger partial charge on any atom is -0.372 e. The number of benzene rings is 1. The van der Waals surface area contributed by atoms with E-state index in [1.165, 1.54) is 12.1 Å². The lowest BCUT2D eigenvalue weighted by molar-refractivity contribution is -0.0499. The molecule has 9 heteroatoms. The Kier molecular flexibility index (Phi) is 3.55. The van der Waals surface area contributed by atoms with Crippen LogP contribution in [0.5, 0.6) is 5.75 Å². The van der Waals surface area contributed by atoms with Crippen LogP contribution in [0.4, 0.5) is 13.2 Å². The standard InChI is InChI=1S/C11H7ClF3NO3S/c1-6-2-3-7-4-5-8(12)10(9(7)16-6)19-20(17,18)11(13,14)15/h2-5H,1H3. The van der Waals surface area contributed by atoms with Crippen LogP contribution >= 0.6 is 11.6 Å². The molecule has 0 saturated carbocycles. The molecule has 0 saturated heterocycles. The molecule has 0 aliphatic heterocycles. The number of rotatable bonds is 2. The fourth-order valence-electron chi connectivity index (χ4n) is 1.47. The number of aryl methyl sites for hydroxylation is 1. The van der Waals surface area contributed by atoms with E-state index in [2.05, 4.69) is 9.17 Å². The average molecular weight is 326 g/mol. The SMILES string of the molecule is Cc1ccc2ccc(Cl)c(OS(=O)(=O)C(F)(F)F)c2n1. The van der Waals surface area contributed by atoms with Crippen LogP contribution in [-0.4, -0.2) is 18.9 Å². The van der Waals surface area contributed by atoms with Gasteiger partial charge in [0.2, 0.25) is 0 Å². The van der Waals surface area contributed by atoms with Crippen LogP contribution in [0, 0.1) is 6.92 Å². The minimum absolute atomic E-state index is 0.0506. The molecule has 0 N–H and O–H groups in total. The summed E-state index contributed by atoms with van der Waals surface area (Å²) in [7, 11) is -5.80. The molecule has 1 heterocycles. The van der Waals surface area contributed by atoms with Gasteiger partial charge in [-0.15, -0.1) is 0 Å². The highest BCUT2D eigenvalue weighted by molar-refractivity contribution is 7.88. The predicted octanol–water partition coefficient (Wildman–Crippen LogP) is 3.43. The third-order valence-electron chi connectivity index (χ3n) is 2.38. The van der Waals surface area contributed by atoms with Crippen LogP contribution in [-0.2, 0) is 10.1 Å². The van der Waals surface area contributed by atoms with Gasteiger partial charge < -0.3 is 4.18 Å². The molecule has 0 bridgehead atoms. The van der Waals surface area contributed by atoms with E-state index < -0.39 is 21.4 Å². The summed E-state index contributed by atoms with van der Waals surface area (Å²) in [6, 6.07) is 5.93. The van der Waals surface area contributed by atoms with Crippen molar-refractivity contribution >= 4 is 32.6 Å². The summed E-state index contributed by atoms with van der Waals surface area (Å²) < 4.78 is 63.3. The van der Waals surface area contributed by atoms with Gasteiger partial charge in [-0.05, 0) is 19.1 Å². The molecule has 4 nitrogen and oxygen atoms in total. The fraction of sp³-hybridized carbons (Fsp3) is 0.182. The van der Waals surface area contributed by atoms with Gasteiger partial charge in [0.25, 0.3) is 0 Å². The van der Waals surface area contributed by atoms with Crippen LogP contribution in [0.3, 0.4) is 0 Å². The maximum atomic E-state index is 12.4. The van der Waals surface area contributed by atoms with E-state index in [-0.39, 0.29) is 10.5 Å². The van der Waals surface area contributed by atoms with Crippen molar-refractivity contribution in [3.05, 3.63) is 35.0 Å². The summed E-state index contributed by atoms with van der Waals surface area (Å²) in [6.45, 7) is 1.60. The van der Waals surface area contributed by atoms with Crippen molar-refractivity contribution in [2.24, 2.45) is 0 Å². The molecule has 0 atom stereocenters. The zero-order chi connectivity index (χ0) is 15.1. The van der Waals surface area contributed by atoms with Gasteiger partial charge in [0, 0.05) is 11.1 Å². The summed E-state index contributed by atoms with van der Waals surface area (Å²) in [4.78, 5) is 3.96. The third-order valence-corrected chi connectivity index (χ3v) is 3.63. The van der Waals surface area contributed by atoms with Gasteiger partial charge in [-0.25, -0.2) is 4.98 Å². The van der Waals surface area contributed by atoms with Crippen LogP contribution < -0.4 is 4.18 Å². The number of hydrogen-bond donors (Lipinski definition) is 0. The molecule has 1 aromatic carbocycles. The number of hydrogen-bond acceptors (Lipinski definition) is 4. The molecular weight excluding hydrogens is 319 g/mol. The number of alkyl halides is 3. The molecule has 0 aliphatic rings. The molecule has 0 fully saturated rings. The molecule has 0 spiro atoms. The Morgan fingerprint density at radius 1 is 1.20 bits per heavy atom. The van der Waals surface area contributed by atoms with E-state index in [0.717, 1.165) is 0 Å². The molecule has 20 heavy (non-hydrogen) atoms. The first-order chi connectivity index (χ1) is 9.12. The van der Waals surface area contributed by atoms with Crippen LogP contribution in [0.15, 0.2) is 24.3 Å². The van der Waals surface area contributed by atoms with E-state index in [0.29, 0.717) is 11.1 Å². The van der Waals surface area contributed by atoms with E-state index >= 15 is 0 Å². The number of halogens is 4. The molecule has 2 aromatic rings. The van der Waals surface area contributed by atoms with Gasteiger partial charge in [0.1, 0.15) is 5.52 Å². The Hall–Kier alpha value is -1.54. The van der Waals surface area contributed by atoms with Crippen molar-refractivity contribution in [1.82, 2.24) is 4.98 Å². The zero-order valence-electron chi connectivity index (χ0n) is 9.90. The van der Waals surface area contributed by atoms with Crippen molar-refractivity contribution in [2.75, 3.05) is 0 Å². The molecule has 1 aromatic heterocycles. The summed E-state index contributed by atoms with van der Waals surface area (Å²) >= 11 is 5.71. The first kappa shape index (κ1) is 14.9. The first-order valence-electron chi connectivity index (χ1n) is 5.18. The maximum Gasteiger partial charge on any atom is 0.534 e. The van der Waals surface area contributed by atoms with E-state index in [1.807, 2.05) is 0 Å². The highest BCUT2D eigenvalue weighted by atomic mass is 35.5. The first-order valence-corrected chi connectivity index (χ1v) is 6.97. The number of nitrogens with zero attached hydrogens (tertiary/aromatic N) is 1. The zero-order valence-corrected chi connectivity index (χ0v) is 11.5. The average Bonchev–Trinajstić information content (AvgIpc) is 2.31. The van der Waals surface area contributed by atoms with Crippen LogP contribution in [0.1, 0.15) is 5.69 Å². The maximum absolute atomic E-state index is 12.4. The summed E-state index contributed by atoms with van der Waals surface area (Å²) in [5.41, 5.74) is -5.11. The van der Waals surface area contributed by atoms with Crippen LogP contribution in [0.2, 0.25) is 5.02 Å². The Morgan fingerprint density at radius 2 is 1.80 bits per heavy atom. The van der Waals surface area contributed by atoms with Gasteiger partial charge in [-0.3, -0.25) is 0 Å². The Bertz CT molecular complexity index is 769. The minimum atomic E-state index is -5.80. The number of pyridine rings is 1. The van der Waals surface area contributed by atoms with E-state index in [1.54, 1.807) is 19.1 Å². The lowest BCUT2D eigenvalue weighted by atomic mass is 10.2. The van der Waals surface area contributed by atoms with Crippen molar-refractivity contribution in [2.45, 2.75) is 12.4 Å². The second-order valence-corrected chi connectivity index (χ2v) is 5.83.